The minimum atomic E-state index is 0.240. The smallest absolute Gasteiger partial charge is 0.175 e. The van der Waals surface area contributed by atoms with Crippen LogP contribution in [0.4, 0.5) is 5.82 Å². The van der Waals surface area contributed by atoms with Crippen molar-refractivity contribution in [2.75, 3.05) is 38.2 Å². The molecule has 1 aliphatic rings. The Kier molecular flexibility index (Phi) is 5.64. The molecule has 7 nitrogen and oxygen atoms in total. The lowest BCUT2D eigenvalue weighted by molar-refractivity contribution is 0.245. The third-order valence-corrected chi connectivity index (χ3v) is 6.07. The molecule has 164 valence electrons. The van der Waals surface area contributed by atoms with Gasteiger partial charge in [-0.25, -0.2) is 4.98 Å². The molecule has 0 spiro atoms. The highest BCUT2D eigenvalue weighted by molar-refractivity contribution is 5.84. The fraction of sp³-hybridized carbons (Fsp3) is 0.280. The first-order chi connectivity index (χ1) is 15.7. The van der Waals surface area contributed by atoms with Gasteiger partial charge < -0.3 is 19.3 Å². The first kappa shape index (κ1) is 20.3. The second-order valence-electron chi connectivity index (χ2n) is 8.01. The van der Waals surface area contributed by atoms with Crippen molar-refractivity contribution in [2.45, 2.75) is 13.0 Å². The quantitative estimate of drug-likeness (QED) is 0.498. The van der Waals surface area contributed by atoms with Gasteiger partial charge in [-0.2, -0.15) is 0 Å². The highest BCUT2D eigenvalue weighted by Crippen LogP contribution is 2.32. The van der Waals surface area contributed by atoms with Crippen molar-refractivity contribution in [1.29, 1.82) is 0 Å². The van der Waals surface area contributed by atoms with Gasteiger partial charge in [0.05, 0.1) is 18.4 Å². The number of aromatic nitrogens is 2. The van der Waals surface area contributed by atoms with E-state index < -0.39 is 0 Å². The third kappa shape index (κ3) is 3.99. The number of phenols is 1. The van der Waals surface area contributed by atoms with Crippen LogP contribution in [-0.4, -0.2) is 53.4 Å². The van der Waals surface area contributed by atoms with E-state index in [2.05, 4.69) is 19.9 Å². The number of anilines is 1. The Morgan fingerprint density at radius 3 is 2.59 bits per heavy atom. The highest BCUT2D eigenvalue weighted by Gasteiger charge is 2.22. The summed E-state index contributed by atoms with van der Waals surface area (Å²) >= 11 is 0. The monoisotopic (exact) mass is 430 g/mol. The molecule has 0 unspecified atom stereocenters. The molecule has 4 aromatic rings. The molecular formula is C25H26N4O3. The number of phenolic OH excluding ortho intramolecular Hbond substituents is 1. The molecule has 3 heterocycles. The Bertz CT molecular complexity index is 1200. The Morgan fingerprint density at radius 1 is 1.00 bits per heavy atom. The summed E-state index contributed by atoms with van der Waals surface area (Å²) in [6, 6.07) is 17.5. The van der Waals surface area contributed by atoms with E-state index in [4.69, 9.17) is 9.26 Å². The van der Waals surface area contributed by atoms with Gasteiger partial charge in [-0.1, -0.05) is 29.4 Å². The molecule has 1 saturated heterocycles. The maximum absolute atomic E-state index is 10.6. The summed E-state index contributed by atoms with van der Waals surface area (Å²) in [5.41, 5.74) is 3.32. The topological polar surface area (TPSA) is 74.9 Å². The van der Waals surface area contributed by atoms with Crippen LogP contribution in [0.5, 0.6) is 11.5 Å². The van der Waals surface area contributed by atoms with Gasteiger partial charge in [0.1, 0.15) is 17.3 Å². The normalized spacial score (nSPS) is 14.7. The average molecular weight is 431 g/mol. The fourth-order valence-corrected chi connectivity index (χ4v) is 4.31. The molecule has 5 rings (SSSR count). The number of para-hydroxylation sites is 1. The standard InChI is InChI=1S/C25H26N4O3/c1-31-23-7-3-2-6-18(23)16-21-19-9-10-22(30)20(25(19)32-27-21)17-28-12-14-29(15-13-28)24-8-4-5-11-26-24/h2-11,30H,12-17H2,1H3. The zero-order valence-corrected chi connectivity index (χ0v) is 18.1. The maximum atomic E-state index is 10.6. The van der Waals surface area contributed by atoms with Gasteiger partial charge in [0.25, 0.3) is 0 Å². The summed E-state index contributed by atoms with van der Waals surface area (Å²) in [5.74, 6) is 2.08. The minimum Gasteiger partial charge on any atom is -0.507 e. The molecule has 1 N–H and O–H groups in total. The van der Waals surface area contributed by atoms with E-state index in [9.17, 15) is 5.11 Å². The predicted octanol–water partition coefficient (Wildman–Crippen LogP) is 3.85. The van der Waals surface area contributed by atoms with E-state index in [1.165, 1.54) is 0 Å². The van der Waals surface area contributed by atoms with Crippen LogP contribution in [0.15, 0.2) is 65.3 Å². The van der Waals surface area contributed by atoms with Crippen LogP contribution in [0, 0.1) is 0 Å². The Labute approximate surface area is 186 Å². The van der Waals surface area contributed by atoms with E-state index in [1.807, 2.05) is 54.7 Å². The summed E-state index contributed by atoms with van der Waals surface area (Å²) in [5, 5.41) is 15.9. The first-order valence-corrected chi connectivity index (χ1v) is 10.8. The van der Waals surface area contributed by atoms with Crippen molar-refractivity contribution in [2.24, 2.45) is 0 Å². The number of piperazine rings is 1. The summed E-state index contributed by atoms with van der Waals surface area (Å²) in [7, 11) is 1.67. The molecule has 2 aromatic carbocycles. The maximum Gasteiger partial charge on any atom is 0.175 e. The number of aromatic hydroxyl groups is 1. The number of rotatable bonds is 6. The molecule has 32 heavy (non-hydrogen) atoms. The van der Waals surface area contributed by atoms with Crippen molar-refractivity contribution in [3.8, 4) is 11.5 Å². The number of methoxy groups -OCH3 is 1. The molecule has 0 radical (unpaired) electrons. The second kappa shape index (κ2) is 8.88. The van der Waals surface area contributed by atoms with Crippen LogP contribution in [0.25, 0.3) is 11.0 Å². The molecule has 0 aliphatic carbocycles. The van der Waals surface area contributed by atoms with Crippen LogP contribution in [0.3, 0.4) is 0 Å². The Hall–Kier alpha value is -3.58. The number of hydrogen-bond acceptors (Lipinski definition) is 7. The molecule has 0 amide bonds. The third-order valence-electron chi connectivity index (χ3n) is 6.07. The van der Waals surface area contributed by atoms with Gasteiger partial charge in [0.2, 0.25) is 0 Å². The molecule has 1 fully saturated rings. The summed E-state index contributed by atoms with van der Waals surface area (Å²) in [4.78, 5) is 9.07. The van der Waals surface area contributed by atoms with E-state index in [0.29, 0.717) is 18.5 Å². The summed E-state index contributed by atoms with van der Waals surface area (Å²) in [6.07, 6.45) is 2.43. The van der Waals surface area contributed by atoms with Gasteiger partial charge in [-0.3, -0.25) is 4.90 Å². The highest BCUT2D eigenvalue weighted by atomic mass is 16.5. The summed E-state index contributed by atoms with van der Waals surface area (Å²) in [6.45, 7) is 4.16. The zero-order chi connectivity index (χ0) is 21.9. The number of nitrogens with zero attached hydrogens (tertiary/aromatic N) is 4. The van der Waals surface area contributed by atoms with Gasteiger partial charge in [0.15, 0.2) is 5.58 Å². The molecule has 0 bridgehead atoms. The van der Waals surface area contributed by atoms with E-state index >= 15 is 0 Å². The molecule has 7 heteroatoms. The summed E-state index contributed by atoms with van der Waals surface area (Å²) < 4.78 is 11.2. The van der Waals surface area contributed by atoms with Crippen molar-refractivity contribution in [1.82, 2.24) is 15.0 Å². The lowest BCUT2D eigenvalue weighted by atomic mass is 10.0. The van der Waals surface area contributed by atoms with Crippen LogP contribution < -0.4 is 9.64 Å². The number of ether oxygens (including phenoxy) is 1. The zero-order valence-electron chi connectivity index (χ0n) is 18.1. The van der Waals surface area contributed by atoms with Crippen molar-refractivity contribution >= 4 is 16.8 Å². The fourth-order valence-electron chi connectivity index (χ4n) is 4.31. The Balaban J connectivity index is 1.34. The van der Waals surface area contributed by atoms with Crippen LogP contribution in [0.1, 0.15) is 16.8 Å². The van der Waals surface area contributed by atoms with Gasteiger partial charge >= 0.3 is 0 Å². The van der Waals surface area contributed by atoms with Gasteiger partial charge in [-0.15, -0.1) is 0 Å². The molecule has 2 aromatic heterocycles. The first-order valence-electron chi connectivity index (χ1n) is 10.8. The predicted molar refractivity (Wildman–Crippen MR) is 123 cm³/mol. The van der Waals surface area contributed by atoms with Crippen LogP contribution in [0.2, 0.25) is 0 Å². The lowest BCUT2D eigenvalue weighted by Gasteiger charge is -2.35. The SMILES string of the molecule is COc1ccccc1Cc1noc2c(CN3CCN(c4ccccn4)CC3)c(O)ccc12. The number of fused-ring (bicyclic) bond motifs is 1. The van der Waals surface area contributed by atoms with Crippen molar-refractivity contribution in [3.05, 3.63) is 77.6 Å². The average Bonchev–Trinajstić information content (AvgIpc) is 3.25. The van der Waals surface area contributed by atoms with Crippen molar-refractivity contribution < 1.29 is 14.4 Å². The van der Waals surface area contributed by atoms with Gasteiger partial charge in [-0.05, 0) is 30.3 Å². The van der Waals surface area contributed by atoms with Gasteiger partial charge in [0, 0.05) is 56.3 Å². The number of hydrogen-bond donors (Lipinski definition) is 1. The minimum absolute atomic E-state index is 0.240. The van der Waals surface area contributed by atoms with Crippen LogP contribution in [-0.2, 0) is 13.0 Å². The molecule has 0 saturated carbocycles. The van der Waals surface area contributed by atoms with Crippen molar-refractivity contribution in [3.63, 3.8) is 0 Å². The Morgan fingerprint density at radius 2 is 1.81 bits per heavy atom. The van der Waals surface area contributed by atoms with E-state index in [0.717, 1.165) is 60.0 Å². The molecule has 0 atom stereocenters. The van der Waals surface area contributed by atoms with E-state index in [1.54, 1.807) is 13.2 Å². The number of pyridine rings is 1. The molecule has 1 aliphatic heterocycles. The van der Waals surface area contributed by atoms with E-state index in [-0.39, 0.29) is 5.75 Å². The number of benzene rings is 2. The largest absolute Gasteiger partial charge is 0.507 e. The van der Waals surface area contributed by atoms with Crippen LogP contribution >= 0.6 is 0 Å². The molecular weight excluding hydrogens is 404 g/mol. The lowest BCUT2D eigenvalue weighted by Crippen LogP contribution is -2.46. The second-order valence-corrected chi connectivity index (χ2v) is 8.01.